The molecule has 0 atom stereocenters. The molecule has 0 saturated carbocycles. The number of anilines is 1. The van der Waals surface area contributed by atoms with Crippen LogP contribution in [0.2, 0.25) is 36.3 Å². The summed E-state index contributed by atoms with van der Waals surface area (Å²) < 4.78 is 17.7. The number of ether oxygens (including phenoxy) is 1. The largest absolute Gasteiger partial charge is 0.415 e. The van der Waals surface area contributed by atoms with Crippen molar-refractivity contribution in [3.63, 3.8) is 0 Å². The van der Waals surface area contributed by atoms with Gasteiger partial charge in [0.1, 0.15) is 5.75 Å². The van der Waals surface area contributed by atoms with Gasteiger partial charge in [-0.05, 0) is 60.5 Å². The third kappa shape index (κ3) is 8.88. The minimum atomic E-state index is -1.81. The van der Waals surface area contributed by atoms with E-state index in [1.807, 2.05) is 12.1 Å². The molecular weight excluding hydrogens is 446 g/mol. The molecular formula is C23H42ClNO4Si2. The molecule has 0 aromatic heterocycles. The van der Waals surface area contributed by atoms with Crippen molar-refractivity contribution in [2.24, 2.45) is 0 Å². The lowest BCUT2D eigenvalue weighted by Crippen LogP contribution is -2.44. The normalized spacial score (nSPS) is 13.3. The molecule has 0 unspecified atom stereocenters. The van der Waals surface area contributed by atoms with Crippen molar-refractivity contribution in [1.82, 2.24) is 0 Å². The molecule has 31 heavy (non-hydrogen) atoms. The summed E-state index contributed by atoms with van der Waals surface area (Å²) in [5.74, 6) is 0.429. The predicted octanol–water partition coefficient (Wildman–Crippen LogP) is 7.27. The molecule has 0 bridgehead atoms. The molecule has 1 aromatic rings. The SMILES string of the molecule is CC(C)(C)[Si](C)(C)OCCN(CCO[Si](C)(C)C(C)(C)C)c1ccc(OC(=O)Cl)cc1. The molecule has 5 nitrogen and oxygen atoms in total. The molecule has 0 aliphatic heterocycles. The van der Waals surface area contributed by atoms with Crippen molar-refractivity contribution in [2.45, 2.75) is 77.8 Å². The molecule has 0 radical (unpaired) electrons. The van der Waals surface area contributed by atoms with Crippen LogP contribution in [0.25, 0.3) is 0 Å². The lowest BCUT2D eigenvalue weighted by atomic mass is 10.2. The van der Waals surface area contributed by atoms with Gasteiger partial charge in [0, 0.05) is 30.4 Å². The Kier molecular flexibility index (Phi) is 9.84. The van der Waals surface area contributed by atoms with Gasteiger partial charge < -0.3 is 18.5 Å². The molecule has 1 rings (SSSR count). The minimum Gasteiger partial charge on any atom is -0.415 e. The van der Waals surface area contributed by atoms with E-state index in [4.69, 9.17) is 25.2 Å². The minimum absolute atomic E-state index is 0.177. The van der Waals surface area contributed by atoms with Crippen molar-refractivity contribution >= 4 is 39.4 Å². The van der Waals surface area contributed by atoms with Crippen LogP contribution in [0.1, 0.15) is 41.5 Å². The molecule has 178 valence electrons. The fraction of sp³-hybridized carbons (Fsp3) is 0.696. The molecule has 0 N–H and O–H groups in total. The Balaban J connectivity index is 2.88. The van der Waals surface area contributed by atoms with Crippen molar-refractivity contribution in [1.29, 1.82) is 0 Å². The van der Waals surface area contributed by atoms with E-state index >= 15 is 0 Å². The van der Waals surface area contributed by atoms with Crippen molar-refractivity contribution in [2.75, 3.05) is 31.2 Å². The van der Waals surface area contributed by atoms with E-state index in [-0.39, 0.29) is 10.1 Å². The van der Waals surface area contributed by atoms with E-state index in [0.29, 0.717) is 19.0 Å². The van der Waals surface area contributed by atoms with Crippen LogP contribution in [-0.4, -0.2) is 48.4 Å². The number of hydrogen-bond acceptors (Lipinski definition) is 5. The van der Waals surface area contributed by atoms with Gasteiger partial charge >= 0.3 is 5.43 Å². The first kappa shape index (κ1) is 28.2. The summed E-state index contributed by atoms with van der Waals surface area (Å²) in [6, 6.07) is 7.39. The van der Waals surface area contributed by atoms with Crippen LogP contribution in [0.3, 0.4) is 0 Å². The zero-order valence-electron chi connectivity index (χ0n) is 21.1. The maximum Gasteiger partial charge on any atom is 0.409 e. The Bertz CT molecular complexity index is 678. The molecule has 0 aliphatic carbocycles. The van der Waals surface area contributed by atoms with Gasteiger partial charge in [-0.1, -0.05) is 41.5 Å². The van der Waals surface area contributed by atoms with E-state index in [1.54, 1.807) is 12.1 Å². The zero-order chi connectivity index (χ0) is 24.1. The molecule has 8 heteroatoms. The van der Waals surface area contributed by atoms with Gasteiger partial charge in [0.25, 0.3) is 0 Å². The fourth-order valence-electron chi connectivity index (χ4n) is 2.44. The fourth-order valence-corrected chi connectivity index (χ4v) is 4.60. The summed E-state index contributed by atoms with van der Waals surface area (Å²) in [7, 11) is -3.62. The highest BCUT2D eigenvalue weighted by molar-refractivity contribution is 6.74. The predicted molar refractivity (Wildman–Crippen MR) is 137 cm³/mol. The van der Waals surface area contributed by atoms with Gasteiger partial charge in [0.15, 0.2) is 16.6 Å². The summed E-state index contributed by atoms with van der Waals surface area (Å²) in [4.78, 5) is 13.2. The highest BCUT2D eigenvalue weighted by Gasteiger charge is 2.38. The average Bonchev–Trinajstić information content (AvgIpc) is 2.58. The molecule has 0 fully saturated rings. The van der Waals surface area contributed by atoms with Crippen molar-refractivity contribution in [3.05, 3.63) is 24.3 Å². The second-order valence-electron chi connectivity index (χ2n) is 11.0. The molecule has 0 aliphatic rings. The first-order chi connectivity index (χ1) is 14.0. The van der Waals surface area contributed by atoms with Gasteiger partial charge in [-0.2, -0.15) is 0 Å². The second kappa shape index (κ2) is 10.8. The molecule has 0 heterocycles. The van der Waals surface area contributed by atoms with Crippen LogP contribution >= 0.6 is 11.6 Å². The van der Waals surface area contributed by atoms with Gasteiger partial charge in [-0.3, -0.25) is 0 Å². The maximum atomic E-state index is 11.0. The first-order valence-electron chi connectivity index (χ1n) is 11.0. The van der Waals surface area contributed by atoms with Crippen LogP contribution in [0, 0.1) is 0 Å². The van der Waals surface area contributed by atoms with Crippen molar-refractivity contribution < 1.29 is 18.4 Å². The van der Waals surface area contributed by atoms with Gasteiger partial charge in [-0.15, -0.1) is 0 Å². The molecule has 0 amide bonds. The van der Waals surface area contributed by atoms with E-state index in [1.165, 1.54) is 0 Å². The number of nitrogens with zero attached hydrogens (tertiary/aromatic N) is 1. The smallest absolute Gasteiger partial charge is 0.409 e. The van der Waals surface area contributed by atoms with Crippen LogP contribution in [-0.2, 0) is 8.85 Å². The topological polar surface area (TPSA) is 48.0 Å². The van der Waals surface area contributed by atoms with Crippen molar-refractivity contribution in [3.8, 4) is 5.75 Å². The first-order valence-corrected chi connectivity index (χ1v) is 17.2. The summed E-state index contributed by atoms with van der Waals surface area (Å²) in [6.07, 6.45) is 0. The van der Waals surface area contributed by atoms with Crippen LogP contribution in [0.4, 0.5) is 10.5 Å². The summed E-state index contributed by atoms with van der Waals surface area (Å²) in [5.41, 5.74) is 0.196. The second-order valence-corrected chi connectivity index (χ2v) is 21.0. The number of benzene rings is 1. The Morgan fingerprint density at radius 3 is 1.55 bits per heavy atom. The maximum absolute atomic E-state index is 11.0. The van der Waals surface area contributed by atoms with Gasteiger partial charge in [0.2, 0.25) is 0 Å². The number of carbonyl (C=O) groups excluding carboxylic acids is 1. The standard InChI is InChI=1S/C23H42ClNO4Si2/c1-22(2,3)30(7,8)27-17-15-25(16-18-28-31(9,10)23(4,5)6)19-11-13-20(14-12-19)29-21(24)26/h11-14H,15-18H2,1-10H3. The summed E-state index contributed by atoms with van der Waals surface area (Å²) in [6.45, 7) is 25.4. The zero-order valence-corrected chi connectivity index (χ0v) is 23.9. The van der Waals surface area contributed by atoms with Crippen LogP contribution < -0.4 is 9.64 Å². The Morgan fingerprint density at radius 2 is 1.23 bits per heavy atom. The van der Waals surface area contributed by atoms with Crippen LogP contribution in [0.5, 0.6) is 5.75 Å². The van der Waals surface area contributed by atoms with Gasteiger partial charge in [0.05, 0.1) is 13.2 Å². The quantitative estimate of drug-likeness (QED) is 0.256. The third-order valence-electron chi connectivity index (χ3n) is 6.66. The Hall–Kier alpha value is -0.866. The number of hydrogen-bond donors (Lipinski definition) is 0. The molecule has 0 spiro atoms. The van der Waals surface area contributed by atoms with E-state index < -0.39 is 22.1 Å². The Morgan fingerprint density at radius 1 is 0.839 bits per heavy atom. The lowest BCUT2D eigenvalue weighted by molar-refractivity contribution is 0.225. The van der Waals surface area contributed by atoms with Gasteiger partial charge in [-0.25, -0.2) is 4.79 Å². The highest BCUT2D eigenvalue weighted by Crippen LogP contribution is 2.37. The highest BCUT2D eigenvalue weighted by atomic mass is 35.5. The van der Waals surface area contributed by atoms with E-state index in [0.717, 1.165) is 18.8 Å². The summed E-state index contributed by atoms with van der Waals surface area (Å²) >= 11 is 5.31. The third-order valence-corrected chi connectivity index (χ3v) is 15.8. The summed E-state index contributed by atoms with van der Waals surface area (Å²) in [5, 5.41) is 0.354. The van der Waals surface area contributed by atoms with E-state index in [9.17, 15) is 4.79 Å². The Labute approximate surface area is 196 Å². The van der Waals surface area contributed by atoms with E-state index in [2.05, 4.69) is 72.6 Å². The lowest BCUT2D eigenvalue weighted by Gasteiger charge is -2.38. The number of carbonyl (C=O) groups is 1. The number of rotatable bonds is 10. The number of halogens is 1. The molecule has 0 saturated heterocycles. The monoisotopic (exact) mass is 487 g/mol. The van der Waals surface area contributed by atoms with Crippen LogP contribution in [0.15, 0.2) is 24.3 Å². The molecule has 1 aromatic carbocycles. The average molecular weight is 488 g/mol.